The van der Waals surface area contributed by atoms with Crippen molar-refractivity contribution < 1.29 is 39.2 Å². The molecule has 0 aromatic heterocycles. The fourth-order valence-electron chi connectivity index (χ4n) is 2.40. The maximum atomic E-state index is 12.4. The molecule has 0 aliphatic carbocycles. The molecule has 0 saturated heterocycles. The second-order valence-electron chi connectivity index (χ2n) is 5.81. The van der Waals surface area contributed by atoms with Crippen LogP contribution in [0.3, 0.4) is 0 Å². The van der Waals surface area contributed by atoms with Gasteiger partial charge < -0.3 is 24.8 Å². The largest absolute Gasteiger partial charge is 0.508 e. The first-order valence-electron chi connectivity index (χ1n) is 8.24. The molecule has 0 radical (unpaired) electrons. The van der Waals surface area contributed by atoms with Gasteiger partial charge in [0, 0.05) is 0 Å². The van der Waals surface area contributed by atoms with Crippen LogP contribution in [-0.2, 0) is 0 Å². The summed E-state index contributed by atoms with van der Waals surface area (Å²) in [6.07, 6.45) is 0. The number of carbonyl (C=O) groups excluding carboxylic acids is 2. The highest BCUT2D eigenvalue weighted by atomic mass is 16.5. The summed E-state index contributed by atoms with van der Waals surface area (Å²) in [6, 6.07) is 14.6. The molecule has 0 spiro atoms. The molecule has 0 unspecified atom stereocenters. The first-order valence-corrected chi connectivity index (χ1v) is 8.24. The SMILES string of the molecule is O=C(Oc1cccc(C(=O)Oc2c(O)cccc2C(=O)O)c1)c1ccc(O)cc1. The Labute approximate surface area is 164 Å². The van der Waals surface area contributed by atoms with Gasteiger partial charge in [0.1, 0.15) is 17.1 Å². The van der Waals surface area contributed by atoms with Gasteiger partial charge in [-0.05, 0) is 54.6 Å². The van der Waals surface area contributed by atoms with Gasteiger partial charge in [0.15, 0.2) is 11.5 Å². The zero-order chi connectivity index (χ0) is 21.0. The van der Waals surface area contributed by atoms with Gasteiger partial charge in [0.05, 0.1) is 11.1 Å². The van der Waals surface area contributed by atoms with Crippen LogP contribution in [0.2, 0.25) is 0 Å². The van der Waals surface area contributed by atoms with Crippen molar-refractivity contribution in [1.29, 1.82) is 0 Å². The quantitative estimate of drug-likeness (QED) is 0.444. The van der Waals surface area contributed by atoms with E-state index < -0.39 is 29.4 Å². The standard InChI is InChI=1S/C21H14O8/c22-14-9-7-12(8-10-14)20(26)28-15-4-1-3-13(11-15)21(27)29-18-16(19(24)25)5-2-6-17(18)23/h1-11,22-23H,(H,24,25). The molecule has 3 rings (SSSR count). The summed E-state index contributed by atoms with van der Waals surface area (Å²) in [7, 11) is 0. The van der Waals surface area contributed by atoms with Gasteiger partial charge in [0.25, 0.3) is 0 Å². The molecule has 0 bridgehead atoms. The van der Waals surface area contributed by atoms with Gasteiger partial charge in [0.2, 0.25) is 0 Å². The Morgan fingerprint density at radius 3 is 2.07 bits per heavy atom. The molecular weight excluding hydrogens is 380 g/mol. The predicted octanol–water partition coefficient (Wildman–Crippen LogP) is 3.23. The molecule has 0 aliphatic heterocycles. The van der Waals surface area contributed by atoms with Crippen molar-refractivity contribution >= 4 is 17.9 Å². The highest BCUT2D eigenvalue weighted by molar-refractivity contribution is 5.97. The molecule has 0 fully saturated rings. The maximum absolute atomic E-state index is 12.4. The molecule has 8 nitrogen and oxygen atoms in total. The summed E-state index contributed by atoms with van der Waals surface area (Å²) in [4.78, 5) is 35.8. The molecule has 0 heterocycles. The Hall–Kier alpha value is -4.33. The van der Waals surface area contributed by atoms with Gasteiger partial charge in [-0.25, -0.2) is 14.4 Å². The molecule has 29 heavy (non-hydrogen) atoms. The smallest absolute Gasteiger partial charge is 0.343 e. The fourth-order valence-corrected chi connectivity index (χ4v) is 2.40. The number of carboxylic acid groups (broad SMARTS) is 1. The molecule has 0 amide bonds. The lowest BCUT2D eigenvalue weighted by molar-refractivity contribution is 0.0672. The molecule has 3 N–H and O–H groups in total. The first-order chi connectivity index (χ1) is 13.8. The number of para-hydroxylation sites is 1. The number of phenolic OH excluding ortho intramolecular Hbond substituents is 2. The Kier molecular flexibility index (Phi) is 5.45. The van der Waals surface area contributed by atoms with Crippen molar-refractivity contribution in [3.05, 3.63) is 83.4 Å². The first kappa shape index (κ1) is 19.4. The maximum Gasteiger partial charge on any atom is 0.343 e. The van der Waals surface area contributed by atoms with E-state index in [4.69, 9.17) is 14.6 Å². The third-order valence-corrected chi connectivity index (χ3v) is 3.80. The summed E-state index contributed by atoms with van der Waals surface area (Å²) in [5.41, 5.74) is -0.218. The van der Waals surface area contributed by atoms with Crippen LogP contribution in [0.1, 0.15) is 31.1 Å². The summed E-state index contributed by atoms with van der Waals surface area (Å²) in [6.45, 7) is 0. The van der Waals surface area contributed by atoms with Crippen molar-refractivity contribution in [2.45, 2.75) is 0 Å². The molecule has 146 valence electrons. The van der Waals surface area contributed by atoms with Crippen LogP contribution < -0.4 is 9.47 Å². The van der Waals surface area contributed by atoms with E-state index in [9.17, 15) is 24.6 Å². The van der Waals surface area contributed by atoms with E-state index in [2.05, 4.69) is 0 Å². The zero-order valence-electron chi connectivity index (χ0n) is 14.7. The molecular formula is C21H14O8. The Balaban J connectivity index is 1.79. The number of benzene rings is 3. The number of hydrogen-bond acceptors (Lipinski definition) is 7. The van der Waals surface area contributed by atoms with E-state index in [-0.39, 0.29) is 28.2 Å². The highest BCUT2D eigenvalue weighted by Crippen LogP contribution is 2.31. The number of ether oxygens (including phenoxy) is 2. The summed E-state index contributed by atoms with van der Waals surface area (Å²) >= 11 is 0. The number of aromatic carboxylic acids is 1. The minimum atomic E-state index is -1.37. The van der Waals surface area contributed by atoms with E-state index in [1.807, 2.05) is 0 Å². The van der Waals surface area contributed by atoms with Crippen LogP contribution in [0.15, 0.2) is 66.7 Å². The molecule has 8 heteroatoms. The topological polar surface area (TPSA) is 130 Å². The van der Waals surface area contributed by atoms with Crippen LogP contribution in [0.5, 0.6) is 23.0 Å². The highest BCUT2D eigenvalue weighted by Gasteiger charge is 2.20. The normalized spacial score (nSPS) is 10.2. The van der Waals surface area contributed by atoms with Crippen molar-refractivity contribution in [2.24, 2.45) is 0 Å². The van der Waals surface area contributed by atoms with E-state index in [0.717, 1.165) is 0 Å². The minimum Gasteiger partial charge on any atom is -0.508 e. The van der Waals surface area contributed by atoms with Crippen LogP contribution in [0.25, 0.3) is 0 Å². The van der Waals surface area contributed by atoms with Crippen molar-refractivity contribution in [3.8, 4) is 23.0 Å². The fraction of sp³-hybridized carbons (Fsp3) is 0. The molecule has 0 aliphatic rings. The summed E-state index contributed by atoms with van der Waals surface area (Å²) in [5, 5.41) is 28.3. The average Bonchev–Trinajstić information content (AvgIpc) is 2.70. The average molecular weight is 394 g/mol. The third kappa shape index (κ3) is 4.51. The molecule has 0 atom stereocenters. The number of esters is 2. The van der Waals surface area contributed by atoms with Crippen molar-refractivity contribution in [2.75, 3.05) is 0 Å². The van der Waals surface area contributed by atoms with Gasteiger partial charge in [-0.1, -0.05) is 12.1 Å². The van der Waals surface area contributed by atoms with E-state index >= 15 is 0 Å². The number of hydrogen-bond donors (Lipinski definition) is 3. The second kappa shape index (κ2) is 8.13. The second-order valence-corrected chi connectivity index (χ2v) is 5.81. The molecule has 0 saturated carbocycles. The van der Waals surface area contributed by atoms with Gasteiger partial charge >= 0.3 is 17.9 Å². The number of carbonyl (C=O) groups is 3. The van der Waals surface area contributed by atoms with Gasteiger partial charge in [-0.2, -0.15) is 0 Å². The Morgan fingerprint density at radius 2 is 1.38 bits per heavy atom. The van der Waals surface area contributed by atoms with Gasteiger partial charge in [-0.15, -0.1) is 0 Å². The molecule has 3 aromatic carbocycles. The van der Waals surface area contributed by atoms with Crippen molar-refractivity contribution in [3.63, 3.8) is 0 Å². The van der Waals surface area contributed by atoms with Gasteiger partial charge in [-0.3, -0.25) is 0 Å². The van der Waals surface area contributed by atoms with Crippen LogP contribution >= 0.6 is 0 Å². The predicted molar refractivity (Wildman–Crippen MR) is 99.5 cm³/mol. The summed E-state index contributed by atoms with van der Waals surface area (Å²) < 4.78 is 10.2. The Bertz CT molecular complexity index is 1090. The number of carboxylic acids is 1. The van der Waals surface area contributed by atoms with E-state index in [1.54, 1.807) is 0 Å². The zero-order valence-corrected chi connectivity index (χ0v) is 14.7. The monoisotopic (exact) mass is 394 g/mol. The Morgan fingerprint density at radius 1 is 0.724 bits per heavy atom. The summed E-state index contributed by atoms with van der Waals surface area (Å²) in [5.74, 6) is -3.98. The van der Waals surface area contributed by atoms with Crippen LogP contribution in [0.4, 0.5) is 0 Å². The minimum absolute atomic E-state index is 0.00353. The number of aromatic hydroxyl groups is 2. The lowest BCUT2D eigenvalue weighted by Crippen LogP contribution is -2.13. The van der Waals surface area contributed by atoms with Crippen LogP contribution in [0, 0.1) is 0 Å². The van der Waals surface area contributed by atoms with E-state index in [1.165, 1.54) is 66.7 Å². The molecule has 3 aromatic rings. The lowest BCUT2D eigenvalue weighted by Gasteiger charge is -2.10. The number of rotatable bonds is 5. The number of phenols is 2. The van der Waals surface area contributed by atoms with E-state index in [0.29, 0.717) is 0 Å². The lowest BCUT2D eigenvalue weighted by atomic mass is 10.1. The third-order valence-electron chi connectivity index (χ3n) is 3.80. The van der Waals surface area contributed by atoms with Crippen LogP contribution in [-0.4, -0.2) is 33.2 Å². The van der Waals surface area contributed by atoms with Crippen molar-refractivity contribution in [1.82, 2.24) is 0 Å².